The van der Waals surface area contributed by atoms with Gasteiger partial charge in [-0.1, -0.05) is 35.5 Å². The molecule has 0 atom stereocenters. The molecule has 3 aromatic rings. The van der Waals surface area contributed by atoms with Gasteiger partial charge in [0.25, 0.3) is 10.0 Å². The first-order valence-electron chi connectivity index (χ1n) is 6.83. The van der Waals surface area contributed by atoms with Crippen LogP contribution >= 0.6 is 0 Å². The normalized spacial score (nSPS) is 11.2. The van der Waals surface area contributed by atoms with Gasteiger partial charge >= 0.3 is 5.97 Å². The molecule has 1 aromatic heterocycles. The molecular weight excluding hydrogens is 332 g/mol. The first kappa shape index (κ1) is 15.8. The number of anilines is 1. The highest BCUT2D eigenvalue weighted by Gasteiger charge is 2.19. The van der Waals surface area contributed by atoms with Crippen molar-refractivity contribution in [3.63, 3.8) is 0 Å². The van der Waals surface area contributed by atoms with Crippen molar-refractivity contribution in [3.05, 3.63) is 66.4 Å². The van der Waals surface area contributed by atoms with E-state index in [1.54, 1.807) is 24.3 Å². The maximum absolute atomic E-state index is 12.4. The van der Waals surface area contributed by atoms with Crippen LogP contribution in [0, 0.1) is 0 Å². The Morgan fingerprint density at radius 1 is 1.04 bits per heavy atom. The summed E-state index contributed by atoms with van der Waals surface area (Å²) in [4.78, 5) is 10.8. The third kappa shape index (κ3) is 3.13. The van der Waals surface area contributed by atoms with Gasteiger partial charge in [0.1, 0.15) is 5.69 Å². The summed E-state index contributed by atoms with van der Waals surface area (Å²) in [7, 11) is -3.90. The zero-order chi connectivity index (χ0) is 17.2. The third-order valence-corrected chi connectivity index (χ3v) is 4.64. The second-order valence-corrected chi connectivity index (χ2v) is 6.55. The molecule has 7 nitrogen and oxygen atoms in total. The van der Waals surface area contributed by atoms with Crippen molar-refractivity contribution in [1.82, 2.24) is 5.16 Å². The molecular formula is C16H12N2O5S. The van der Waals surface area contributed by atoms with Gasteiger partial charge in [-0.25, -0.2) is 13.2 Å². The van der Waals surface area contributed by atoms with Crippen molar-refractivity contribution >= 4 is 21.7 Å². The number of carboxylic acid groups (broad SMARTS) is 1. The zero-order valence-corrected chi connectivity index (χ0v) is 13.0. The molecule has 0 amide bonds. The van der Waals surface area contributed by atoms with Crippen LogP contribution in [0.4, 0.5) is 5.69 Å². The summed E-state index contributed by atoms with van der Waals surface area (Å²) in [5.74, 6) is -0.835. The highest BCUT2D eigenvalue weighted by molar-refractivity contribution is 7.92. The molecule has 0 fully saturated rings. The number of nitrogens with one attached hydrogen (secondary N) is 1. The van der Waals surface area contributed by atoms with E-state index in [0.717, 1.165) is 0 Å². The number of nitrogens with zero attached hydrogens (tertiary/aromatic N) is 1. The standard InChI is InChI=1S/C16H12N2O5S/c19-16(20)12-6-8-13(9-7-12)24(21,22)18-14-10-17-23-15(14)11-4-2-1-3-5-11/h1-10,18H,(H,19,20). The Labute approximate surface area is 137 Å². The minimum Gasteiger partial charge on any atom is -0.478 e. The molecule has 2 N–H and O–H groups in total. The molecule has 2 aromatic carbocycles. The molecule has 3 rings (SSSR count). The summed E-state index contributed by atoms with van der Waals surface area (Å²) in [5, 5.41) is 12.5. The topological polar surface area (TPSA) is 110 Å². The van der Waals surface area contributed by atoms with Crippen LogP contribution < -0.4 is 4.72 Å². The molecule has 0 saturated carbocycles. The van der Waals surface area contributed by atoms with E-state index in [9.17, 15) is 13.2 Å². The second-order valence-electron chi connectivity index (χ2n) is 4.87. The Balaban J connectivity index is 1.91. The highest BCUT2D eigenvalue weighted by atomic mass is 32.2. The molecule has 0 aliphatic carbocycles. The Bertz CT molecular complexity index is 963. The largest absolute Gasteiger partial charge is 0.478 e. The van der Waals surface area contributed by atoms with Gasteiger partial charge in [0.2, 0.25) is 0 Å². The minimum atomic E-state index is -3.90. The number of hydrogen-bond donors (Lipinski definition) is 2. The first-order chi connectivity index (χ1) is 11.5. The number of carboxylic acids is 1. The number of aromatic carboxylic acids is 1. The van der Waals surface area contributed by atoms with Gasteiger partial charge in [-0.3, -0.25) is 4.72 Å². The molecule has 0 aliphatic heterocycles. The summed E-state index contributed by atoms with van der Waals surface area (Å²) in [6.07, 6.45) is 1.27. The van der Waals surface area contributed by atoms with E-state index in [0.29, 0.717) is 11.3 Å². The molecule has 1 heterocycles. The van der Waals surface area contributed by atoms with Crippen LogP contribution in [-0.2, 0) is 10.0 Å². The number of rotatable bonds is 5. The predicted octanol–water partition coefficient (Wildman–Crippen LogP) is 2.84. The number of hydrogen-bond acceptors (Lipinski definition) is 5. The zero-order valence-electron chi connectivity index (χ0n) is 12.2. The minimum absolute atomic E-state index is 0.00361. The van der Waals surface area contributed by atoms with Crippen LogP contribution in [0.1, 0.15) is 10.4 Å². The summed E-state index contributed by atoms with van der Waals surface area (Å²) >= 11 is 0. The smallest absolute Gasteiger partial charge is 0.335 e. The molecule has 122 valence electrons. The van der Waals surface area contributed by atoms with Gasteiger partial charge in [-0.2, -0.15) is 0 Å². The number of benzene rings is 2. The maximum Gasteiger partial charge on any atom is 0.335 e. The fourth-order valence-electron chi connectivity index (χ4n) is 2.09. The molecule has 8 heteroatoms. The summed E-state index contributed by atoms with van der Waals surface area (Å²) in [6, 6.07) is 13.8. The molecule has 0 spiro atoms. The van der Waals surface area contributed by atoms with E-state index in [-0.39, 0.29) is 16.1 Å². The molecule has 0 saturated heterocycles. The summed E-state index contributed by atoms with van der Waals surface area (Å²) < 4.78 is 32.4. The van der Waals surface area contributed by atoms with Crippen molar-refractivity contribution in [1.29, 1.82) is 0 Å². The fraction of sp³-hybridized carbons (Fsp3) is 0. The lowest BCUT2D eigenvalue weighted by Crippen LogP contribution is -2.13. The Kier molecular flexibility index (Phi) is 4.05. The average molecular weight is 344 g/mol. The van der Waals surface area contributed by atoms with E-state index < -0.39 is 16.0 Å². The fourth-order valence-corrected chi connectivity index (χ4v) is 3.14. The Hall–Kier alpha value is -3.13. The summed E-state index contributed by atoms with van der Waals surface area (Å²) in [6.45, 7) is 0. The van der Waals surface area contributed by atoms with Crippen LogP contribution in [-0.4, -0.2) is 24.7 Å². The van der Waals surface area contributed by atoms with Crippen LogP contribution in [0.15, 0.2) is 70.2 Å². The quantitative estimate of drug-likeness (QED) is 0.736. The van der Waals surface area contributed by atoms with Crippen molar-refractivity contribution in [3.8, 4) is 11.3 Å². The van der Waals surface area contributed by atoms with Crippen molar-refractivity contribution in [2.75, 3.05) is 4.72 Å². The molecule has 0 radical (unpaired) electrons. The number of aromatic nitrogens is 1. The SMILES string of the molecule is O=C(O)c1ccc(S(=O)(=O)Nc2cnoc2-c2ccccc2)cc1. The lowest BCUT2D eigenvalue weighted by Gasteiger charge is -2.07. The van der Waals surface area contributed by atoms with Gasteiger partial charge in [0, 0.05) is 5.56 Å². The van der Waals surface area contributed by atoms with Crippen LogP contribution in [0.3, 0.4) is 0 Å². The first-order valence-corrected chi connectivity index (χ1v) is 8.32. The van der Waals surface area contributed by atoms with Crippen LogP contribution in [0.2, 0.25) is 0 Å². The Morgan fingerprint density at radius 3 is 2.33 bits per heavy atom. The third-order valence-electron chi connectivity index (χ3n) is 3.26. The van der Waals surface area contributed by atoms with E-state index in [1.165, 1.54) is 30.5 Å². The van der Waals surface area contributed by atoms with Gasteiger partial charge in [-0.05, 0) is 24.3 Å². The lowest BCUT2D eigenvalue weighted by atomic mass is 10.1. The highest BCUT2D eigenvalue weighted by Crippen LogP contribution is 2.29. The molecule has 0 bridgehead atoms. The molecule has 0 unspecified atom stereocenters. The average Bonchev–Trinajstić information content (AvgIpc) is 3.03. The number of sulfonamides is 1. The van der Waals surface area contributed by atoms with E-state index in [1.807, 2.05) is 6.07 Å². The summed E-state index contributed by atoms with van der Waals surface area (Å²) in [5.41, 5.74) is 0.876. The lowest BCUT2D eigenvalue weighted by molar-refractivity contribution is 0.0696. The van der Waals surface area contributed by atoms with E-state index in [4.69, 9.17) is 9.63 Å². The van der Waals surface area contributed by atoms with Crippen LogP contribution in [0.25, 0.3) is 11.3 Å². The van der Waals surface area contributed by atoms with Gasteiger partial charge in [0.05, 0.1) is 16.7 Å². The Morgan fingerprint density at radius 2 is 1.71 bits per heavy atom. The molecule has 24 heavy (non-hydrogen) atoms. The monoisotopic (exact) mass is 344 g/mol. The van der Waals surface area contributed by atoms with Crippen LogP contribution in [0.5, 0.6) is 0 Å². The predicted molar refractivity (Wildman–Crippen MR) is 86.1 cm³/mol. The number of carbonyl (C=O) groups is 1. The van der Waals surface area contributed by atoms with Crippen molar-refractivity contribution < 1.29 is 22.8 Å². The molecule has 0 aliphatic rings. The second kappa shape index (κ2) is 6.17. The van der Waals surface area contributed by atoms with Crippen molar-refractivity contribution in [2.45, 2.75) is 4.90 Å². The van der Waals surface area contributed by atoms with E-state index in [2.05, 4.69) is 9.88 Å². The van der Waals surface area contributed by atoms with Gasteiger partial charge in [-0.15, -0.1) is 0 Å². The maximum atomic E-state index is 12.4. The van der Waals surface area contributed by atoms with Crippen molar-refractivity contribution in [2.24, 2.45) is 0 Å². The van der Waals surface area contributed by atoms with Gasteiger partial charge < -0.3 is 9.63 Å². The van der Waals surface area contributed by atoms with E-state index >= 15 is 0 Å². The van der Waals surface area contributed by atoms with Gasteiger partial charge in [0.15, 0.2) is 5.76 Å².